The monoisotopic (exact) mass is 974 g/mol. The molecule has 0 heterocycles. The molecule has 0 spiro atoms. The van der Waals surface area contributed by atoms with Gasteiger partial charge in [-0.3, -0.25) is 9.59 Å². The molecule has 6 nitrogen and oxygen atoms in total. The molecular formula is C63H123NO5. The van der Waals surface area contributed by atoms with E-state index >= 15 is 0 Å². The molecule has 0 aromatic heterocycles. The van der Waals surface area contributed by atoms with Crippen molar-refractivity contribution < 1.29 is 24.5 Å². The zero-order valence-electron chi connectivity index (χ0n) is 46.8. The predicted molar refractivity (Wildman–Crippen MR) is 301 cm³/mol. The van der Waals surface area contributed by atoms with Crippen LogP contribution in [-0.2, 0) is 14.3 Å². The van der Waals surface area contributed by atoms with Crippen LogP contribution < -0.4 is 5.32 Å². The highest BCUT2D eigenvalue weighted by molar-refractivity contribution is 5.76. The molecule has 69 heavy (non-hydrogen) atoms. The first-order valence-electron chi connectivity index (χ1n) is 31.5. The number of aliphatic hydroxyl groups is 2. The lowest BCUT2D eigenvalue weighted by atomic mass is 10.0. The van der Waals surface area contributed by atoms with Crippen LogP contribution >= 0.6 is 0 Å². The van der Waals surface area contributed by atoms with Crippen molar-refractivity contribution in [2.45, 2.75) is 366 Å². The summed E-state index contributed by atoms with van der Waals surface area (Å²) < 4.78 is 5.50. The minimum Gasteiger partial charge on any atom is -0.466 e. The number of carbonyl (C=O) groups is 2. The van der Waals surface area contributed by atoms with Gasteiger partial charge < -0.3 is 20.3 Å². The smallest absolute Gasteiger partial charge is 0.305 e. The van der Waals surface area contributed by atoms with Crippen LogP contribution in [0.4, 0.5) is 0 Å². The van der Waals surface area contributed by atoms with Crippen molar-refractivity contribution in [3.8, 4) is 0 Å². The Hall–Kier alpha value is -1.40. The molecule has 0 aliphatic carbocycles. The van der Waals surface area contributed by atoms with E-state index in [-0.39, 0.29) is 18.5 Å². The largest absolute Gasteiger partial charge is 0.466 e. The molecule has 1 amide bonds. The van der Waals surface area contributed by atoms with Gasteiger partial charge in [0.05, 0.1) is 25.4 Å². The molecular weight excluding hydrogens is 851 g/mol. The third-order valence-corrected chi connectivity index (χ3v) is 14.8. The Kier molecular flexibility index (Phi) is 58.0. The standard InChI is InChI=1S/C63H123NO5/c1-3-5-7-9-11-13-15-16-17-31-34-37-41-45-49-53-57-63(68)69-58-54-50-46-42-38-35-32-29-27-25-23-21-19-18-20-22-24-26-28-30-33-36-40-44-48-52-56-62(67)64-60(59-65)61(66)55-51-47-43-39-14-12-10-8-6-4-2/h51,55,60-61,65-66H,3-50,52-54,56-59H2,1-2H3,(H,64,67)/b55-51+. The third kappa shape index (κ3) is 55.8. The number of rotatable bonds is 59. The fraction of sp³-hybridized carbons (Fsp3) is 0.937. The summed E-state index contributed by atoms with van der Waals surface area (Å²) in [6.07, 6.45) is 71.3. The second kappa shape index (κ2) is 59.2. The second-order valence-electron chi connectivity index (χ2n) is 21.8. The average Bonchev–Trinajstić information content (AvgIpc) is 3.35. The molecule has 0 aromatic rings. The molecule has 0 aliphatic rings. The molecule has 6 heteroatoms. The first kappa shape index (κ1) is 67.6. The SMILES string of the molecule is CCCCCCCCCC/C=C/C(O)C(CO)NC(=O)CCCCCCCCCCCCCCCCCCCCCCCCCCCCOC(=O)CCCCCCCCCCCCCCCCCC. The van der Waals surface area contributed by atoms with Gasteiger partial charge in [0.25, 0.3) is 0 Å². The zero-order chi connectivity index (χ0) is 50.0. The third-order valence-electron chi connectivity index (χ3n) is 14.8. The van der Waals surface area contributed by atoms with Crippen molar-refractivity contribution in [2.24, 2.45) is 0 Å². The maximum Gasteiger partial charge on any atom is 0.305 e. The lowest BCUT2D eigenvalue weighted by Crippen LogP contribution is -2.45. The number of amides is 1. The number of esters is 1. The number of allylic oxidation sites excluding steroid dienone is 1. The van der Waals surface area contributed by atoms with Crippen LogP contribution in [0.2, 0.25) is 0 Å². The molecule has 0 aliphatic heterocycles. The topological polar surface area (TPSA) is 95.9 Å². The van der Waals surface area contributed by atoms with Crippen LogP contribution in [0.25, 0.3) is 0 Å². The van der Waals surface area contributed by atoms with Gasteiger partial charge in [-0.2, -0.15) is 0 Å². The minimum atomic E-state index is -0.840. The molecule has 0 saturated carbocycles. The number of nitrogens with one attached hydrogen (secondary N) is 1. The van der Waals surface area contributed by atoms with E-state index in [2.05, 4.69) is 19.2 Å². The fourth-order valence-corrected chi connectivity index (χ4v) is 9.99. The summed E-state index contributed by atoms with van der Waals surface area (Å²) in [6.45, 7) is 4.91. The van der Waals surface area contributed by atoms with E-state index < -0.39 is 12.1 Å². The summed E-state index contributed by atoms with van der Waals surface area (Å²) >= 11 is 0. The van der Waals surface area contributed by atoms with Crippen LogP contribution in [0.15, 0.2) is 12.2 Å². The van der Waals surface area contributed by atoms with Gasteiger partial charge in [-0.25, -0.2) is 0 Å². The van der Waals surface area contributed by atoms with E-state index in [4.69, 9.17) is 4.74 Å². The lowest BCUT2D eigenvalue weighted by molar-refractivity contribution is -0.143. The molecule has 0 saturated heterocycles. The molecule has 0 radical (unpaired) electrons. The maximum absolute atomic E-state index is 12.4. The number of hydrogen-bond acceptors (Lipinski definition) is 5. The minimum absolute atomic E-state index is 0.0208. The second-order valence-corrected chi connectivity index (χ2v) is 21.8. The number of carbonyl (C=O) groups excluding carboxylic acids is 2. The highest BCUT2D eigenvalue weighted by atomic mass is 16.5. The first-order valence-corrected chi connectivity index (χ1v) is 31.5. The van der Waals surface area contributed by atoms with Crippen LogP contribution in [0.5, 0.6) is 0 Å². The Morgan fingerprint density at radius 2 is 0.667 bits per heavy atom. The van der Waals surface area contributed by atoms with Gasteiger partial charge >= 0.3 is 5.97 Å². The maximum atomic E-state index is 12.4. The van der Waals surface area contributed by atoms with Gasteiger partial charge in [0.2, 0.25) is 5.91 Å². The van der Waals surface area contributed by atoms with Gasteiger partial charge in [-0.05, 0) is 32.1 Å². The highest BCUT2D eigenvalue weighted by Crippen LogP contribution is 2.18. The summed E-state index contributed by atoms with van der Waals surface area (Å²) in [5, 5.41) is 23.0. The Bertz CT molecular complexity index is 1030. The quantitative estimate of drug-likeness (QED) is 0.0321. The summed E-state index contributed by atoms with van der Waals surface area (Å²) in [4.78, 5) is 24.5. The van der Waals surface area contributed by atoms with E-state index in [1.54, 1.807) is 6.08 Å². The van der Waals surface area contributed by atoms with E-state index in [1.165, 1.54) is 289 Å². The van der Waals surface area contributed by atoms with Crippen molar-refractivity contribution in [2.75, 3.05) is 13.2 Å². The number of hydrogen-bond donors (Lipinski definition) is 3. The predicted octanol–water partition coefficient (Wildman–Crippen LogP) is 19.6. The molecule has 0 aromatic carbocycles. The molecule has 0 bridgehead atoms. The number of aliphatic hydroxyl groups excluding tert-OH is 2. The van der Waals surface area contributed by atoms with E-state index in [0.717, 1.165) is 38.5 Å². The Morgan fingerprint density at radius 1 is 0.391 bits per heavy atom. The van der Waals surface area contributed by atoms with Crippen molar-refractivity contribution in [3.05, 3.63) is 12.2 Å². The van der Waals surface area contributed by atoms with Gasteiger partial charge in [0, 0.05) is 12.8 Å². The van der Waals surface area contributed by atoms with Crippen LogP contribution in [0, 0.1) is 0 Å². The summed E-state index contributed by atoms with van der Waals surface area (Å²) in [6, 6.07) is -0.623. The van der Waals surface area contributed by atoms with Crippen LogP contribution in [0.3, 0.4) is 0 Å². The summed E-state index contributed by atoms with van der Waals surface area (Å²) in [7, 11) is 0. The van der Waals surface area contributed by atoms with E-state index in [9.17, 15) is 19.8 Å². The van der Waals surface area contributed by atoms with Crippen molar-refractivity contribution in [3.63, 3.8) is 0 Å². The van der Waals surface area contributed by atoms with Crippen molar-refractivity contribution in [1.29, 1.82) is 0 Å². The van der Waals surface area contributed by atoms with Gasteiger partial charge in [0.15, 0.2) is 0 Å². The molecule has 0 rings (SSSR count). The van der Waals surface area contributed by atoms with Crippen molar-refractivity contribution in [1.82, 2.24) is 5.32 Å². The fourth-order valence-electron chi connectivity index (χ4n) is 9.99. The highest BCUT2D eigenvalue weighted by Gasteiger charge is 2.18. The van der Waals surface area contributed by atoms with Crippen molar-refractivity contribution >= 4 is 11.9 Å². The van der Waals surface area contributed by atoms with Gasteiger partial charge in [-0.15, -0.1) is 0 Å². The zero-order valence-corrected chi connectivity index (χ0v) is 46.8. The van der Waals surface area contributed by atoms with Gasteiger partial charge in [0.1, 0.15) is 0 Å². The summed E-state index contributed by atoms with van der Waals surface area (Å²) in [5.41, 5.74) is 0. The first-order chi connectivity index (χ1) is 34.0. The Labute approximate surface area is 431 Å². The summed E-state index contributed by atoms with van der Waals surface area (Å²) in [5.74, 6) is -0.0453. The van der Waals surface area contributed by atoms with Gasteiger partial charge in [-0.1, -0.05) is 321 Å². The molecule has 2 unspecified atom stereocenters. The molecule has 3 N–H and O–H groups in total. The van der Waals surface area contributed by atoms with E-state index in [1.807, 2.05) is 6.08 Å². The number of ether oxygens (including phenoxy) is 1. The van der Waals surface area contributed by atoms with E-state index in [0.29, 0.717) is 19.4 Å². The lowest BCUT2D eigenvalue weighted by Gasteiger charge is -2.20. The van der Waals surface area contributed by atoms with Crippen LogP contribution in [-0.4, -0.2) is 47.4 Å². The molecule has 410 valence electrons. The molecule has 0 fully saturated rings. The molecule has 2 atom stereocenters. The Balaban J connectivity index is 3.32. The van der Waals surface area contributed by atoms with Crippen LogP contribution in [0.1, 0.15) is 354 Å². The number of unbranched alkanes of at least 4 members (excludes halogenated alkanes) is 48. The normalized spacial score (nSPS) is 12.6. The Morgan fingerprint density at radius 3 is 0.986 bits per heavy atom. The average molecular weight is 975 g/mol.